The van der Waals surface area contributed by atoms with E-state index in [0.29, 0.717) is 5.41 Å². The van der Waals surface area contributed by atoms with Crippen molar-refractivity contribution in [1.29, 1.82) is 0 Å². The first-order chi connectivity index (χ1) is 4.06. The van der Waals surface area contributed by atoms with Gasteiger partial charge in [-0.2, -0.15) is 0 Å². The highest BCUT2D eigenvalue weighted by molar-refractivity contribution is 4.98. The number of hydrogen-bond acceptors (Lipinski definition) is 0. The van der Waals surface area contributed by atoms with Gasteiger partial charge in [0.05, 0.1) is 0 Å². The molecule has 0 spiro atoms. The molecule has 0 N–H and O–H groups in total. The van der Waals surface area contributed by atoms with Crippen LogP contribution in [-0.2, 0) is 0 Å². The van der Waals surface area contributed by atoms with Gasteiger partial charge in [0.1, 0.15) is 0 Å². The molecule has 0 heterocycles. The maximum absolute atomic E-state index is 3.59. The summed E-state index contributed by atoms with van der Waals surface area (Å²) in [6.07, 6.45) is 7.07. The van der Waals surface area contributed by atoms with E-state index >= 15 is 0 Å². The monoisotopic (exact) mass is 124 g/mol. The summed E-state index contributed by atoms with van der Waals surface area (Å²) < 4.78 is 0. The smallest absolute Gasteiger partial charge is 0.0299 e. The molecule has 0 aliphatic heterocycles. The quantitative estimate of drug-likeness (QED) is 0.496. The molecule has 0 aromatic rings. The van der Waals surface area contributed by atoms with Gasteiger partial charge in [0.15, 0.2) is 0 Å². The first-order valence-corrected chi connectivity index (χ1v) is 3.34. The van der Waals surface area contributed by atoms with Crippen LogP contribution in [0.2, 0.25) is 0 Å². The highest BCUT2D eigenvalue weighted by Gasteiger charge is 2.05. The largest absolute Gasteiger partial charge is 0.0991 e. The molecule has 0 amide bonds. The van der Waals surface area contributed by atoms with Crippen molar-refractivity contribution < 1.29 is 0 Å². The average Bonchev–Trinajstić information content (AvgIpc) is 1.63. The van der Waals surface area contributed by atoms with Crippen molar-refractivity contribution >= 4 is 0 Å². The summed E-state index contributed by atoms with van der Waals surface area (Å²) in [5, 5.41) is 0. The van der Waals surface area contributed by atoms with Crippen LogP contribution in [0.4, 0.5) is 0 Å². The van der Waals surface area contributed by atoms with E-state index in [1.807, 2.05) is 12.2 Å². The van der Waals surface area contributed by atoms with Crippen LogP contribution >= 0.6 is 0 Å². The lowest BCUT2D eigenvalue weighted by Crippen LogP contribution is -2.01. The Morgan fingerprint density at radius 2 is 1.89 bits per heavy atom. The van der Waals surface area contributed by atoms with Crippen molar-refractivity contribution in [2.45, 2.75) is 27.2 Å². The highest BCUT2D eigenvalue weighted by Crippen LogP contribution is 2.18. The summed E-state index contributed by atoms with van der Waals surface area (Å²) >= 11 is 0. The summed E-state index contributed by atoms with van der Waals surface area (Å²) in [6.45, 7) is 10.3. The second-order valence-corrected chi connectivity index (χ2v) is 3.43. The molecule has 0 atom stereocenters. The van der Waals surface area contributed by atoms with Gasteiger partial charge in [0.25, 0.3) is 0 Å². The fourth-order valence-corrected chi connectivity index (χ4v) is 0.518. The molecule has 0 radical (unpaired) electrons. The summed E-state index contributed by atoms with van der Waals surface area (Å²) in [4.78, 5) is 0. The lowest BCUT2D eigenvalue weighted by atomic mass is 9.92. The average molecular weight is 124 g/mol. The van der Waals surface area contributed by atoms with Crippen LogP contribution in [0, 0.1) is 5.41 Å². The zero-order valence-electron chi connectivity index (χ0n) is 6.65. The molecule has 0 aromatic heterocycles. The van der Waals surface area contributed by atoms with Crippen molar-refractivity contribution in [3.8, 4) is 0 Å². The molecule has 9 heavy (non-hydrogen) atoms. The molecule has 0 aliphatic carbocycles. The Labute approximate surface area is 58.3 Å². The molecule has 0 saturated carbocycles. The van der Waals surface area contributed by atoms with Crippen molar-refractivity contribution in [3.05, 3.63) is 24.8 Å². The van der Waals surface area contributed by atoms with E-state index in [1.165, 1.54) is 0 Å². The lowest BCUT2D eigenvalue weighted by Gasteiger charge is -2.13. The standard InChI is InChI=1S/C9H16/c1-5-6-7-8-9(2,3)4/h5-7H,1,8H2,2-4H3/b7-6-. The first-order valence-electron chi connectivity index (χ1n) is 3.34. The van der Waals surface area contributed by atoms with Gasteiger partial charge >= 0.3 is 0 Å². The summed E-state index contributed by atoms with van der Waals surface area (Å²) in [7, 11) is 0. The van der Waals surface area contributed by atoms with Crippen LogP contribution in [0.15, 0.2) is 24.8 Å². The zero-order valence-corrected chi connectivity index (χ0v) is 6.65. The first kappa shape index (κ1) is 8.48. The van der Waals surface area contributed by atoms with E-state index in [9.17, 15) is 0 Å². The number of rotatable bonds is 2. The molecule has 0 fully saturated rings. The van der Waals surface area contributed by atoms with Crippen LogP contribution in [0.5, 0.6) is 0 Å². The van der Waals surface area contributed by atoms with Gasteiger partial charge in [0, 0.05) is 0 Å². The maximum Gasteiger partial charge on any atom is -0.0299 e. The van der Waals surface area contributed by atoms with E-state index in [2.05, 4.69) is 33.4 Å². The SMILES string of the molecule is C=C/C=C\CC(C)(C)C. The Morgan fingerprint density at radius 3 is 2.22 bits per heavy atom. The molecule has 0 nitrogen and oxygen atoms in total. The fraction of sp³-hybridized carbons (Fsp3) is 0.556. The van der Waals surface area contributed by atoms with E-state index in [0.717, 1.165) is 6.42 Å². The molecule has 0 heteroatoms. The minimum Gasteiger partial charge on any atom is -0.0991 e. The van der Waals surface area contributed by atoms with Crippen LogP contribution < -0.4 is 0 Å². The Kier molecular flexibility index (Phi) is 3.29. The van der Waals surface area contributed by atoms with Crippen LogP contribution in [0.25, 0.3) is 0 Å². The molecule has 0 saturated heterocycles. The normalized spacial score (nSPS) is 12.3. The van der Waals surface area contributed by atoms with E-state index in [4.69, 9.17) is 0 Å². The van der Waals surface area contributed by atoms with Gasteiger partial charge in [-0.15, -0.1) is 0 Å². The van der Waals surface area contributed by atoms with E-state index in [-0.39, 0.29) is 0 Å². The van der Waals surface area contributed by atoms with Gasteiger partial charge in [0.2, 0.25) is 0 Å². The van der Waals surface area contributed by atoms with Gasteiger partial charge in [-0.05, 0) is 11.8 Å². The molecular formula is C9H16. The topological polar surface area (TPSA) is 0 Å². The van der Waals surface area contributed by atoms with Crippen LogP contribution in [0.3, 0.4) is 0 Å². The number of hydrogen-bond donors (Lipinski definition) is 0. The van der Waals surface area contributed by atoms with E-state index in [1.54, 1.807) is 0 Å². The second kappa shape index (κ2) is 3.49. The van der Waals surface area contributed by atoms with E-state index < -0.39 is 0 Å². The maximum atomic E-state index is 3.59. The van der Waals surface area contributed by atoms with Gasteiger partial charge < -0.3 is 0 Å². The summed E-state index contributed by atoms with van der Waals surface area (Å²) in [6, 6.07) is 0. The lowest BCUT2D eigenvalue weighted by molar-refractivity contribution is 0.420. The summed E-state index contributed by atoms with van der Waals surface area (Å²) in [5.74, 6) is 0. The summed E-state index contributed by atoms with van der Waals surface area (Å²) in [5.41, 5.74) is 0.416. The zero-order chi connectivity index (χ0) is 7.33. The Bertz CT molecular complexity index is 102. The third kappa shape index (κ3) is 7.48. The molecule has 0 aliphatic rings. The molecule has 0 rings (SSSR count). The van der Waals surface area contributed by atoms with Crippen LogP contribution in [0.1, 0.15) is 27.2 Å². The molecule has 0 aromatic carbocycles. The molecule has 0 bridgehead atoms. The minimum atomic E-state index is 0.416. The second-order valence-electron chi connectivity index (χ2n) is 3.43. The third-order valence-electron chi connectivity index (χ3n) is 1.00. The Morgan fingerprint density at radius 1 is 1.33 bits per heavy atom. The van der Waals surface area contributed by atoms with Crippen molar-refractivity contribution in [2.24, 2.45) is 5.41 Å². The van der Waals surface area contributed by atoms with Gasteiger partial charge in [-0.25, -0.2) is 0 Å². The third-order valence-corrected chi connectivity index (χ3v) is 1.00. The Hall–Kier alpha value is -0.520. The fourth-order valence-electron chi connectivity index (χ4n) is 0.518. The Balaban J connectivity index is 3.50. The van der Waals surface area contributed by atoms with Gasteiger partial charge in [-0.3, -0.25) is 0 Å². The number of allylic oxidation sites excluding steroid dienone is 3. The minimum absolute atomic E-state index is 0.416. The van der Waals surface area contributed by atoms with Crippen molar-refractivity contribution in [1.82, 2.24) is 0 Å². The molecular weight excluding hydrogens is 108 g/mol. The van der Waals surface area contributed by atoms with Crippen LogP contribution in [-0.4, -0.2) is 0 Å². The highest BCUT2D eigenvalue weighted by atomic mass is 14.1. The predicted molar refractivity (Wildman–Crippen MR) is 43.4 cm³/mol. The van der Waals surface area contributed by atoms with Crippen molar-refractivity contribution in [3.63, 3.8) is 0 Å². The predicted octanol–water partition coefficient (Wildman–Crippen LogP) is 3.16. The van der Waals surface area contributed by atoms with Gasteiger partial charge in [-0.1, -0.05) is 45.6 Å². The molecule has 0 unspecified atom stereocenters. The van der Waals surface area contributed by atoms with Crippen molar-refractivity contribution in [2.75, 3.05) is 0 Å². The molecule has 52 valence electrons.